The number of carbonyl (C=O) groups is 1. The Morgan fingerprint density at radius 1 is 1.25 bits per heavy atom. The molecule has 2 heterocycles. The molecule has 2 aromatic heterocycles. The van der Waals surface area contributed by atoms with Crippen LogP contribution >= 0.6 is 11.3 Å². The Bertz CT molecular complexity index is 799. The van der Waals surface area contributed by atoms with E-state index in [1.54, 1.807) is 19.2 Å². The molecular formula is C17H16N2O4S. The highest BCUT2D eigenvalue weighted by Crippen LogP contribution is 2.32. The quantitative estimate of drug-likeness (QED) is 0.662. The number of carbonyl (C=O) groups excluding carboxylic acids is 1. The smallest absolute Gasteiger partial charge is 0.293 e. The van der Waals surface area contributed by atoms with Gasteiger partial charge in [-0.15, -0.1) is 11.3 Å². The van der Waals surface area contributed by atoms with Gasteiger partial charge in [0.05, 0.1) is 18.6 Å². The van der Waals surface area contributed by atoms with Gasteiger partial charge in [0, 0.05) is 18.1 Å². The van der Waals surface area contributed by atoms with Crippen molar-refractivity contribution in [1.29, 1.82) is 0 Å². The molecule has 0 aliphatic rings. The molecule has 1 N–H and O–H groups in total. The third-order valence-electron chi connectivity index (χ3n) is 3.18. The minimum atomic E-state index is -0.328. The molecule has 0 aliphatic carbocycles. The summed E-state index contributed by atoms with van der Waals surface area (Å²) < 4.78 is 15.8. The monoisotopic (exact) mass is 344 g/mol. The van der Waals surface area contributed by atoms with Crippen LogP contribution in [0.3, 0.4) is 0 Å². The molecule has 1 amide bonds. The van der Waals surface area contributed by atoms with Crippen LogP contribution in [-0.2, 0) is 4.74 Å². The second-order valence-corrected chi connectivity index (χ2v) is 5.66. The second kappa shape index (κ2) is 7.76. The van der Waals surface area contributed by atoms with Crippen LogP contribution in [0.4, 0.5) is 5.13 Å². The standard InChI is InChI=1S/C17H16N2O4S/c1-21-9-10-23-14-6-3-2-5-12(14)13-11-24-17(18-13)19-16(20)15-7-4-8-22-15/h2-8,11H,9-10H2,1H3,(H,18,19,20). The SMILES string of the molecule is COCCOc1ccccc1-c1csc(NC(=O)c2ccco2)n1. The number of para-hydroxylation sites is 1. The Balaban J connectivity index is 1.74. The predicted molar refractivity (Wildman–Crippen MR) is 91.6 cm³/mol. The van der Waals surface area contributed by atoms with Crippen molar-refractivity contribution < 1.29 is 18.7 Å². The Labute approximate surface area is 143 Å². The third kappa shape index (κ3) is 3.81. The molecule has 3 aromatic rings. The van der Waals surface area contributed by atoms with Gasteiger partial charge in [-0.3, -0.25) is 10.1 Å². The molecule has 124 valence electrons. The summed E-state index contributed by atoms with van der Waals surface area (Å²) in [5.41, 5.74) is 1.60. The van der Waals surface area contributed by atoms with E-state index in [1.807, 2.05) is 29.6 Å². The van der Waals surface area contributed by atoms with Crippen LogP contribution in [0, 0.1) is 0 Å². The molecule has 24 heavy (non-hydrogen) atoms. The molecule has 0 spiro atoms. The van der Waals surface area contributed by atoms with E-state index >= 15 is 0 Å². The van der Waals surface area contributed by atoms with Crippen LogP contribution in [0.25, 0.3) is 11.3 Å². The van der Waals surface area contributed by atoms with E-state index in [2.05, 4.69) is 10.3 Å². The van der Waals surface area contributed by atoms with Gasteiger partial charge in [0.25, 0.3) is 5.91 Å². The highest BCUT2D eigenvalue weighted by molar-refractivity contribution is 7.14. The van der Waals surface area contributed by atoms with Gasteiger partial charge < -0.3 is 13.9 Å². The highest BCUT2D eigenvalue weighted by atomic mass is 32.1. The number of amides is 1. The molecule has 1 aromatic carbocycles. The second-order valence-electron chi connectivity index (χ2n) is 4.81. The largest absolute Gasteiger partial charge is 0.490 e. The highest BCUT2D eigenvalue weighted by Gasteiger charge is 2.14. The van der Waals surface area contributed by atoms with Crippen molar-refractivity contribution in [3.63, 3.8) is 0 Å². The average molecular weight is 344 g/mol. The van der Waals surface area contributed by atoms with Crippen LogP contribution in [0.2, 0.25) is 0 Å². The lowest BCUT2D eigenvalue weighted by molar-refractivity contribution is 0.0996. The van der Waals surface area contributed by atoms with Crippen molar-refractivity contribution in [3.05, 3.63) is 53.8 Å². The Hall–Kier alpha value is -2.64. The number of nitrogens with zero attached hydrogens (tertiary/aromatic N) is 1. The number of thiazole rings is 1. The number of aromatic nitrogens is 1. The van der Waals surface area contributed by atoms with Crippen LogP contribution < -0.4 is 10.1 Å². The summed E-state index contributed by atoms with van der Waals surface area (Å²) in [7, 11) is 1.63. The van der Waals surface area contributed by atoms with Gasteiger partial charge in [-0.05, 0) is 24.3 Å². The van der Waals surface area contributed by atoms with E-state index in [1.165, 1.54) is 17.6 Å². The van der Waals surface area contributed by atoms with Gasteiger partial charge >= 0.3 is 0 Å². The van der Waals surface area contributed by atoms with Gasteiger partial charge in [0.15, 0.2) is 10.9 Å². The molecule has 0 saturated heterocycles. The van der Waals surface area contributed by atoms with E-state index < -0.39 is 0 Å². The van der Waals surface area contributed by atoms with E-state index in [9.17, 15) is 4.79 Å². The normalized spacial score (nSPS) is 10.5. The van der Waals surface area contributed by atoms with Gasteiger partial charge in [-0.1, -0.05) is 12.1 Å². The van der Waals surface area contributed by atoms with Crippen molar-refractivity contribution in [2.24, 2.45) is 0 Å². The first-order valence-electron chi connectivity index (χ1n) is 7.29. The molecule has 0 fully saturated rings. The summed E-state index contributed by atoms with van der Waals surface area (Å²) in [6.07, 6.45) is 1.45. The number of furan rings is 1. The maximum absolute atomic E-state index is 12.0. The van der Waals surface area contributed by atoms with Crippen LogP contribution in [0.5, 0.6) is 5.75 Å². The number of rotatable bonds is 7. The van der Waals surface area contributed by atoms with Crippen LogP contribution in [0.15, 0.2) is 52.5 Å². The zero-order valence-electron chi connectivity index (χ0n) is 13.0. The van der Waals surface area contributed by atoms with Gasteiger partial charge in [0.1, 0.15) is 12.4 Å². The lowest BCUT2D eigenvalue weighted by atomic mass is 10.1. The first-order chi connectivity index (χ1) is 11.8. The minimum Gasteiger partial charge on any atom is -0.490 e. The number of methoxy groups -OCH3 is 1. The van der Waals surface area contributed by atoms with Gasteiger partial charge in [-0.2, -0.15) is 0 Å². The molecule has 0 unspecified atom stereocenters. The van der Waals surface area contributed by atoms with Crippen molar-refractivity contribution in [2.45, 2.75) is 0 Å². The lowest BCUT2D eigenvalue weighted by Crippen LogP contribution is -2.10. The summed E-state index contributed by atoms with van der Waals surface area (Å²) in [6.45, 7) is 0.968. The average Bonchev–Trinajstić information content (AvgIpc) is 3.27. The summed E-state index contributed by atoms with van der Waals surface area (Å²) in [5, 5.41) is 5.09. The zero-order chi connectivity index (χ0) is 16.8. The van der Waals surface area contributed by atoms with Gasteiger partial charge in [-0.25, -0.2) is 4.98 Å². The molecule has 3 rings (SSSR count). The van der Waals surface area contributed by atoms with Crippen molar-refractivity contribution >= 4 is 22.4 Å². The summed E-state index contributed by atoms with van der Waals surface area (Å²) in [6, 6.07) is 10.9. The van der Waals surface area contributed by atoms with E-state index in [0.29, 0.717) is 18.3 Å². The number of anilines is 1. The minimum absolute atomic E-state index is 0.245. The Morgan fingerprint density at radius 2 is 2.12 bits per heavy atom. The Kier molecular flexibility index (Phi) is 5.25. The van der Waals surface area contributed by atoms with Crippen LogP contribution in [0.1, 0.15) is 10.6 Å². The van der Waals surface area contributed by atoms with Crippen molar-refractivity contribution in [3.8, 4) is 17.0 Å². The van der Waals surface area contributed by atoms with Crippen LogP contribution in [-0.4, -0.2) is 31.2 Å². The van der Waals surface area contributed by atoms with E-state index in [-0.39, 0.29) is 11.7 Å². The number of benzene rings is 1. The number of ether oxygens (including phenoxy) is 2. The fourth-order valence-corrected chi connectivity index (χ4v) is 2.77. The predicted octanol–water partition coefficient (Wildman–Crippen LogP) is 3.68. The molecule has 0 saturated carbocycles. The first kappa shape index (κ1) is 16.2. The number of hydrogen-bond acceptors (Lipinski definition) is 6. The number of nitrogens with one attached hydrogen (secondary N) is 1. The van der Waals surface area contributed by atoms with Crippen molar-refractivity contribution in [2.75, 3.05) is 25.6 Å². The number of hydrogen-bond donors (Lipinski definition) is 1. The molecule has 7 heteroatoms. The van der Waals surface area contributed by atoms with Crippen molar-refractivity contribution in [1.82, 2.24) is 4.98 Å². The summed E-state index contributed by atoms with van der Waals surface area (Å²) in [4.78, 5) is 16.4. The Morgan fingerprint density at radius 3 is 2.92 bits per heavy atom. The fourth-order valence-electron chi connectivity index (χ4n) is 2.06. The maximum atomic E-state index is 12.0. The third-order valence-corrected chi connectivity index (χ3v) is 3.94. The lowest BCUT2D eigenvalue weighted by Gasteiger charge is -2.09. The molecule has 0 aliphatic heterocycles. The van der Waals surface area contributed by atoms with E-state index in [0.717, 1.165) is 17.0 Å². The van der Waals surface area contributed by atoms with Gasteiger partial charge in [0.2, 0.25) is 0 Å². The molecule has 0 atom stereocenters. The van der Waals surface area contributed by atoms with E-state index in [4.69, 9.17) is 13.9 Å². The topological polar surface area (TPSA) is 73.6 Å². The molecular weight excluding hydrogens is 328 g/mol. The summed E-state index contributed by atoms with van der Waals surface area (Å²) in [5.74, 6) is 0.643. The molecule has 0 radical (unpaired) electrons. The summed E-state index contributed by atoms with van der Waals surface area (Å²) >= 11 is 1.34. The zero-order valence-corrected chi connectivity index (χ0v) is 13.8. The fraction of sp³-hybridized carbons (Fsp3) is 0.176. The molecule has 0 bridgehead atoms. The first-order valence-corrected chi connectivity index (χ1v) is 8.17. The molecule has 6 nitrogen and oxygen atoms in total. The maximum Gasteiger partial charge on any atom is 0.293 e.